The maximum atomic E-state index is 13.7. The van der Waals surface area contributed by atoms with Crippen LogP contribution in [0.5, 0.6) is 5.75 Å². The van der Waals surface area contributed by atoms with Gasteiger partial charge in [-0.1, -0.05) is 24.3 Å². The lowest BCUT2D eigenvalue weighted by Gasteiger charge is -2.26. The summed E-state index contributed by atoms with van der Waals surface area (Å²) in [5, 5.41) is 4.39. The van der Waals surface area contributed by atoms with Crippen LogP contribution < -0.4 is 4.74 Å². The SMILES string of the molecule is C=NC(=O)CCc1ccc(-c2ncn(-c3ccc(OC(F)(F)C(C)(C)F)cc3)n2)cc1. The van der Waals surface area contributed by atoms with Crippen LogP contribution in [-0.2, 0) is 11.2 Å². The largest absolute Gasteiger partial charge is 0.432 e. The Bertz CT molecular complexity index is 1060. The van der Waals surface area contributed by atoms with Gasteiger partial charge in [-0.3, -0.25) is 4.79 Å². The second-order valence-corrected chi connectivity index (χ2v) is 7.35. The third-order valence-electron chi connectivity index (χ3n) is 4.55. The average molecular weight is 430 g/mol. The van der Waals surface area contributed by atoms with Crippen LogP contribution in [0.25, 0.3) is 17.1 Å². The van der Waals surface area contributed by atoms with Crippen LogP contribution in [0, 0.1) is 0 Å². The van der Waals surface area contributed by atoms with Crippen LogP contribution in [0.15, 0.2) is 59.9 Å². The van der Waals surface area contributed by atoms with E-state index in [1.807, 2.05) is 24.3 Å². The minimum Gasteiger partial charge on any atom is -0.430 e. The molecule has 1 amide bonds. The van der Waals surface area contributed by atoms with E-state index in [1.165, 1.54) is 35.3 Å². The summed E-state index contributed by atoms with van der Waals surface area (Å²) >= 11 is 0. The van der Waals surface area contributed by atoms with Gasteiger partial charge in [0, 0.05) is 12.0 Å². The van der Waals surface area contributed by atoms with E-state index in [4.69, 9.17) is 0 Å². The minimum absolute atomic E-state index is 0.166. The summed E-state index contributed by atoms with van der Waals surface area (Å²) < 4.78 is 47.0. The lowest BCUT2D eigenvalue weighted by Crippen LogP contribution is -2.43. The number of rotatable bonds is 8. The van der Waals surface area contributed by atoms with Gasteiger partial charge in [-0.15, -0.1) is 5.10 Å². The molecule has 31 heavy (non-hydrogen) atoms. The van der Waals surface area contributed by atoms with Crippen molar-refractivity contribution in [2.24, 2.45) is 4.99 Å². The molecule has 3 aromatic rings. The van der Waals surface area contributed by atoms with E-state index in [1.54, 1.807) is 0 Å². The fourth-order valence-electron chi connectivity index (χ4n) is 2.61. The standard InChI is InChI=1S/C22H21F3N4O2/c1-21(2,23)22(24,25)31-18-11-9-17(10-12-18)29-14-27-20(28-29)16-7-4-15(5-8-16)6-13-19(30)26-3/h4-5,7-12,14H,3,6,13H2,1-2H3. The highest BCUT2D eigenvalue weighted by Gasteiger charge is 2.50. The first-order valence-electron chi connectivity index (χ1n) is 9.46. The van der Waals surface area contributed by atoms with Crippen LogP contribution >= 0.6 is 0 Å². The average Bonchev–Trinajstić information content (AvgIpc) is 3.22. The van der Waals surface area contributed by atoms with Crippen molar-refractivity contribution in [1.82, 2.24) is 14.8 Å². The molecule has 0 aliphatic heterocycles. The predicted molar refractivity (Wildman–Crippen MR) is 110 cm³/mol. The second-order valence-electron chi connectivity index (χ2n) is 7.35. The van der Waals surface area contributed by atoms with Crippen LogP contribution in [0.1, 0.15) is 25.8 Å². The third kappa shape index (κ3) is 5.36. The molecule has 0 saturated heterocycles. The maximum Gasteiger partial charge on any atom is 0.432 e. The second kappa shape index (κ2) is 8.71. The molecule has 3 rings (SSSR count). The van der Waals surface area contributed by atoms with E-state index in [-0.39, 0.29) is 11.7 Å². The predicted octanol–water partition coefficient (Wildman–Crippen LogP) is 4.81. The molecule has 0 fully saturated rings. The highest BCUT2D eigenvalue weighted by molar-refractivity contribution is 5.80. The van der Waals surface area contributed by atoms with Gasteiger partial charge >= 0.3 is 6.11 Å². The van der Waals surface area contributed by atoms with E-state index >= 15 is 0 Å². The van der Waals surface area contributed by atoms with Crippen molar-refractivity contribution in [3.05, 3.63) is 60.4 Å². The molecule has 0 aliphatic rings. The molecular weight excluding hydrogens is 409 g/mol. The highest BCUT2D eigenvalue weighted by atomic mass is 19.3. The molecule has 0 unspecified atom stereocenters. The van der Waals surface area contributed by atoms with Crippen molar-refractivity contribution in [2.45, 2.75) is 38.5 Å². The van der Waals surface area contributed by atoms with E-state index in [0.29, 0.717) is 24.4 Å². The molecule has 162 valence electrons. The molecule has 0 N–H and O–H groups in total. The van der Waals surface area contributed by atoms with Gasteiger partial charge in [-0.25, -0.2) is 19.0 Å². The third-order valence-corrected chi connectivity index (χ3v) is 4.55. The molecule has 1 heterocycles. The normalized spacial score (nSPS) is 11.9. The van der Waals surface area contributed by atoms with E-state index in [0.717, 1.165) is 25.0 Å². The zero-order chi connectivity index (χ0) is 22.6. The van der Waals surface area contributed by atoms with E-state index in [9.17, 15) is 18.0 Å². The summed E-state index contributed by atoms with van der Waals surface area (Å²) in [6.45, 7) is 4.72. The highest BCUT2D eigenvalue weighted by Crippen LogP contribution is 2.34. The van der Waals surface area contributed by atoms with Gasteiger partial charge in [-0.05, 0) is 56.8 Å². The Morgan fingerprint density at radius 3 is 2.32 bits per heavy atom. The lowest BCUT2D eigenvalue weighted by atomic mass is 10.1. The molecule has 2 aromatic carbocycles. The Kier molecular flexibility index (Phi) is 6.24. The monoisotopic (exact) mass is 430 g/mol. The Morgan fingerprint density at radius 1 is 1.10 bits per heavy atom. The molecular formula is C22H21F3N4O2. The zero-order valence-electron chi connectivity index (χ0n) is 17.1. The molecule has 0 atom stereocenters. The molecule has 0 aliphatic carbocycles. The summed E-state index contributed by atoms with van der Waals surface area (Å²) in [6, 6.07) is 13.1. The summed E-state index contributed by atoms with van der Waals surface area (Å²) in [4.78, 5) is 18.9. The van der Waals surface area contributed by atoms with Crippen molar-refractivity contribution in [3.63, 3.8) is 0 Å². The van der Waals surface area contributed by atoms with Crippen molar-refractivity contribution in [1.29, 1.82) is 0 Å². The molecule has 0 saturated carbocycles. The number of ether oxygens (including phenoxy) is 1. The Hall–Kier alpha value is -3.49. The zero-order valence-corrected chi connectivity index (χ0v) is 17.1. The van der Waals surface area contributed by atoms with Crippen molar-refractivity contribution >= 4 is 12.6 Å². The van der Waals surface area contributed by atoms with Gasteiger partial charge in [-0.2, -0.15) is 8.78 Å². The first-order chi connectivity index (χ1) is 14.6. The maximum absolute atomic E-state index is 13.7. The summed E-state index contributed by atoms with van der Waals surface area (Å²) in [6.07, 6.45) is -1.61. The number of aromatic nitrogens is 3. The molecule has 9 heteroatoms. The number of nitrogens with zero attached hydrogens (tertiary/aromatic N) is 4. The number of alkyl halides is 3. The van der Waals surface area contributed by atoms with Gasteiger partial charge in [0.1, 0.15) is 12.1 Å². The van der Waals surface area contributed by atoms with Crippen LogP contribution in [0.3, 0.4) is 0 Å². The van der Waals surface area contributed by atoms with Crippen LogP contribution in [-0.4, -0.2) is 39.2 Å². The van der Waals surface area contributed by atoms with Crippen molar-refractivity contribution in [3.8, 4) is 22.8 Å². The van der Waals surface area contributed by atoms with Gasteiger partial charge in [0.05, 0.1) is 5.69 Å². The molecule has 6 nitrogen and oxygen atoms in total. The first-order valence-corrected chi connectivity index (χ1v) is 9.46. The number of amides is 1. The van der Waals surface area contributed by atoms with Gasteiger partial charge < -0.3 is 4.74 Å². The Labute approximate surface area is 177 Å². The number of aryl methyl sites for hydroxylation is 1. The number of carbonyl (C=O) groups is 1. The van der Waals surface area contributed by atoms with Gasteiger partial charge in [0.2, 0.25) is 11.6 Å². The molecule has 0 radical (unpaired) electrons. The summed E-state index contributed by atoms with van der Waals surface area (Å²) in [5.41, 5.74) is -0.495. The first kappa shape index (κ1) is 22.2. The summed E-state index contributed by atoms with van der Waals surface area (Å²) in [5.74, 6) is 0.0555. The lowest BCUT2D eigenvalue weighted by molar-refractivity contribution is -0.252. The molecule has 1 aromatic heterocycles. The Balaban J connectivity index is 1.69. The van der Waals surface area contributed by atoms with Gasteiger partial charge in [0.15, 0.2) is 5.82 Å². The summed E-state index contributed by atoms with van der Waals surface area (Å²) in [7, 11) is 0. The number of hydrogen-bond acceptors (Lipinski definition) is 4. The minimum atomic E-state index is -3.96. The number of benzene rings is 2. The number of hydrogen-bond donors (Lipinski definition) is 0. The number of carbonyl (C=O) groups excluding carboxylic acids is 1. The topological polar surface area (TPSA) is 69.4 Å². The van der Waals surface area contributed by atoms with E-state index < -0.39 is 11.8 Å². The fourth-order valence-corrected chi connectivity index (χ4v) is 2.61. The number of halogens is 3. The fraction of sp³-hybridized carbons (Fsp3) is 0.273. The van der Waals surface area contributed by atoms with Crippen molar-refractivity contribution in [2.75, 3.05) is 0 Å². The van der Waals surface area contributed by atoms with Crippen LogP contribution in [0.4, 0.5) is 13.2 Å². The van der Waals surface area contributed by atoms with Crippen molar-refractivity contribution < 1.29 is 22.7 Å². The van der Waals surface area contributed by atoms with Gasteiger partial charge in [0.25, 0.3) is 0 Å². The Morgan fingerprint density at radius 2 is 1.74 bits per heavy atom. The number of aliphatic imine (C=N–C) groups is 1. The van der Waals surface area contributed by atoms with Crippen LogP contribution in [0.2, 0.25) is 0 Å². The quantitative estimate of drug-likeness (QED) is 0.481. The molecule has 0 bridgehead atoms. The van der Waals surface area contributed by atoms with E-state index in [2.05, 4.69) is 26.5 Å². The molecule has 0 spiro atoms. The smallest absolute Gasteiger partial charge is 0.430 e.